The third-order valence-corrected chi connectivity index (χ3v) is 2.46. The largest absolute Gasteiger partial charge is 0.490 e. The third kappa shape index (κ3) is 4.55. The Balaban J connectivity index is 2.60. The first-order valence-corrected chi connectivity index (χ1v) is 6.48. The fraction of sp³-hybridized carbons (Fsp3) is 0.571. The molecule has 18 heavy (non-hydrogen) atoms. The van der Waals surface area contributed by atoms with Crippen LogP contribution in [0.3, 0.4) is 0 Å². The molecule has 1 aromatic rings. The van der Waals surface area contributed by atoms with E-state index in [-0.39, 0.29) is 0 Å². The van der Waals surface area contributed by atoms with Gasteiger partial charge in [0.25, 0.3) is 0 Å². The zero-order chi connectivity index (χ0) is 13.2. The first kappa shape index (κ1) is 14.8. The molecule has 0 amide bonds. The number of para-hydroxylation sites is 1. The molecule has 0 bridgehead atoms. The third-order valence-electron chi connectivity index (χ3n) is 2.46. The monoisotopic (exact) mass is 253 g/mol. The number of hydrogen-bond acceptors (Lipinski definition) is 4. The summed E-state index contributed by atoms with van der Waals surface area (Å²) in [5.41, 5.74) is 6.68. The minimum absolute atomic E-state index is 0.446. The average molecular weight is 253 g/mol. The van der Waals surface area contributed by atoms with Crippen molar-refractivity contribution in [1.82, 2.24) is 0 Å². The van der Waals surface area contributed by atoms with E-state index in [0.29, 0.717) is 26.4 Å². The van der Waals surface area contributed by atoms with Crippen molar-refractivity contribution in [3.63, 3.8) is 0 Å². The van der Waals surface area contributed by atoms with Gasteiger partial charge >= 0.3 is 0 Å². The van der Waals surface area contributed by atoms with E-state index < -0.39 is 0 Å². The maximum absolute atomic E-state index is 5.77. The number of nitrogens with two attached hydrogens (primary N) is 1. The molecule has 4 nitrogen and oxygen atoms in total. The number of rotatable bonds is 9. The molecule has 1 rings (SSSR count). The van der Waals surface area contributed by atoms with E-state index >= 15 is 0 Å². The molecule has 0 unspecified atom stereocenters. The molecule has 0 saturated heterocycles. The van der Waals surface area contributed by atoms with Gasteiger partial charge in [0.15, 0.2) is 11.5 Å². The second-order valence-corrected chi connectivity index (χ2v) is 3.78. The minimum atomic E-state index is 0.446. The van der Waals surface area contributed by atoms with Crippen molar-refractivity contribution < 1.29 is 14.2 Å². The SMILES string of the molecule is CCOCCCOc1c(CN)cccc1OCC. The Bertz CT molecular complexity index is 342. The van der Waals surface area contributed by atoms with Gasteiger partial charge < -0.3 is 19.9 Å². The maximum Gasteiger partial charge on any atom is 0.165 e. The van der Waals surface area contributed by atoms with Crippen LogP contribution >= 0.6 is 0 Å². The molecule has 0 aromatic heterocycles. The Hall–Kier alpha value is -1.26. The van der Waals surface area contributed by atoms with Gasteiger partial charge in [-0.1, -0.05) is 12.1 Å². The van der Waals surface area contributed by atoms with Crippen molar-refractivity contribution in [3.05, 3.63) is 23.8 Å². The summed E-state index contributed by atoms with van der Waals surface area (Å²) in [5.74, 6) is 1.52. The van der Waals surface area contributed by atoms with E-state index in [1.165, 1.54) is 0 Å². The molecular formula is C14H23NO3. The smallest absolute Gasteiger partial charge is 0.165 e. The van der Waals surface area contributed by atoms with Crippen molar-refractivity contribution in [2.75, 3.05) is 26.4 Å². The van der Waals surface area contributed by atoms with Crippen LogP contribution in [0.4, 0.5) is 0 Å². The normalized spacial score (nSPS) is 10.4. The molecule has 0 heterocycles. The molecule has 0 aliphatic heterocycles. The van der Waals surface area contributed by atoms with Crippen LogP contribution in [0.25, 0.3) is 0 Å². The highest BCUT2D eigenvalue weighted by molar-refractivity contribution is 5.46. The van der Waals surface area contributed by atoms with E-state index in [1.807, 2.05) is 32.0 Å². The van der Waals surface area contributed by atoms with Crippen molar-refractivity contribution in [2.45, 2.75) is 26.8 Å². The molecule has 0 aliphatic rings. The predicted octanol–water partition coefficient (Wildman–Crippen LogP) is 2.35. The molecule has 4 heteroatoms. The molecule has 0 aliphatic carbocycles. The number of benzene rings is 1. The van der Waals surface area contributed by atoms with Gasteiger partial charge in [-0.3, -0.25) is 0 Å². The highest BCUT2D eigenvalue weighted by Crippen LogP contribution is 2.31. The second kappa shape index (κ2) is 8.78. The quantitative estimate of drug-likeness (QED) is 0.686. The maximum atomic E-state index is 5.77. The molecule has 2 N–H and O–H groups in total. The number of ether oxygens (including phenoxy) is 3. The summed E-state index contributed by atoms with van der Waals surface area (Å²) in [6.45, 7) is 7.06. The fourth-order valence-corrected chi connectivity index (χ4v) is 1.63. The summed E-state index contributed by atoms with van der Waals surface area (Å²) in [6, 6.07) is 5.79. The highest BCUT2D eigenvalue weighted by atomic mass is 16.5. The van der Waals surface area contributed by atoms with Gasteiger partial charge in [-0.15, -0.1) is 0 Å². The summed E-state index contributed by atoms with van der Waals surface area (Å²) in [6.07, 6.45) is 0.859. The zero-order valence-electron chi connectivity index (χ0n) is 11.3. The van der Waals surface area contributed by atoms with E-state index in [1.54, 1.807) is 0 Å². The van der Waals surface area contributed by atoms with E-state index in [2.05, 4.69) is 0 Å². The lowest BCUT2D eigenvalue weighted by atomic mass is 10.2. The van der Waals surface area contributed by atoms with Gasteiger partial charge in [0.2, 0.25) is 0 Å². The zero-order valence-corrected chi connectivity index (χ0v) is 11.3. The molecule has 0 saturated carbocycles. The average Bonchev–Trinajstić information content (AvgIpc) is 2.40. The summed E-state index contributed by atoms with van der Waals surface area (Å²) < 4.78 is 16.6. The molecule has 0 radical (unpaired) electrons. The topological polar surface area (TPSA) is 53.7 Å². The van der Waals surface area contributed by atoms with Crippen LogP contribution in [0, 0.1) is 0 Å². The second-order valence-electron chi connectivity index (χ2n) is 3.78. The van der Waals surface area contributed by atoms with Crippen LogP contribution in [-0.4, -0.2) is 26.4 Å². The standard InChI is InChI=1S/C14H23NO3/c1-3-16-9-6-10-18-14-12(11-15)7-5-8-13(14)17-4-2/h5,7-8H,3-4,6,9-11,15H2,1-2H3. The van der Waals surface area contributed by atoms with Gasteiger partial charge in [0.1, 0.15) is 0 Å². The van der Waals surface area contributed by atoms with Crippen molar-refractivity contribution in [2.24, 2.45) is 5.73 Å². The molecule has 0 spiro atoms. The van der Waals surface area contributed by atoms with Crippen LogP contribution < -0.4 is 15.2 Å². The Labute approximate surface area is 109 Å². The van der Waals surface area contributed by atoms with Gasteiger partial charge in [-0.25, -0.2) is 0 Å². The number of hydrogen-bond donors (Lipinski definition) is 1. The van der Waals surface area contributed by atoms with Gasteiger partial charge in [-0.2, -0.15) is 0 Å². The Morgan fingerprint density at radius 1 is 1.06 bits per heavy atom. The first-order valence-electron chi connectivity index (χ1n) is 6.48. The van der Waals surface area contributed by atoms with Crippen LogP contribution in [-0.2, 0) is 11.3 Å². The van der Waals surface area contributed by atoms with Gasteiger partial charge in [0.05, 0.1) is 13.2 Å². The van der Waals surface area contributed by atoms with Crippen LogP contribution in [0.5, 0.6) is 11.5 Å². The Morgan fingerprint density at radius 3 is 2.56 bits per heavy atom. The lowest BCUT2D eigenvalue weighted by Gasteiger charge is -2.15. The van der Waals surface area contributed by atoms with Crippen molar-refractivity contribution >= 4 is 0 Å². The fourth-order valence-electron chi connectivity index (χ4n) is 1.63. The van der Waals surface area contributed by atoms with Gasteiger partial charge in [-0.05, 0) is 19.9 Å². The lowest BCUT2D eigenvalue weighted by molar-refractivity contribution is 0.129. The highest BCUT2D eigenvalue weighted by Gasteiger charge is 2.09. The molecule has 1 aromatic carbocycles. The van der Waals surface area contributed by atoms with E-state index in [4.69, 9.17) is 19.9 Å². The minimum Gasteiger partial charge on any atom is -0.490 e. The van der Waals surface area contributed by atoms with Crippen LogP contribution in [0.2, 0.25) is 0 Å². The lowest BCUT2D eigenvalue weighted by Crippen LogP contribution is -2.08. The first-order chi connectivity index (χ1) is 8.83. The van der Waals surface area contributed by atoms with Gasteiger partial charge in [0, 0.05) is 31.7 Å². The summed E-state index contributed by atoms with van der Waals surface area (Å²) in [4.78, 5) is 0. The van der Waals surface area contributed by atoms with Crippen molar-refractivity contribution in [1.29, 1.82) is 0 Å². The predicted molar refractivity (Wildman–Crippen MR) is 72.1 cm³/mol. The van der Waals surface area contributed by atoms with E-state index in [0.717, 1.165) is 30.1 Å². The summed E-state index contributed by atoms with van der Waals surface area (Å²) in [7, 11) is 0. The molecule has 0 fully saturated rings. The Morgan fingerprint density at radius 2 is 1.89 bits per heavy atom. The van der Waals surface area contributed by atoms with Crippen molar-refractivity contribution in [3.8, 4) is 11.5 Å². The van der Waals surface area contributed by atoms with E-state index in [9.17, 15) is 0 Å². The summed E-state index contributed by atoms with van der Waals surface area (Å²) >= 11 is 0. The van der Waals surface area contributed by atoms with Crippen LogP contribution in [0.15, 0.2) is 18.2 Å². The molecule has 102 valence electrons. The Kier molecular flexibility index (Phi) is 7.22. The molecule has 0 atom stereocenters. The van der Waals surface area contributed by atoms with Crippen LogP contribution in [0.1, 0.15) is 25.8 Å². The summed E-state index contributed by atoms with van der Waals surface area (Å²) in [5, 5.41) is 0. The molecular weight excluding hydrogens is 230 g/mol.